The molecule has 0 amide bonds. The molecular weight excluding hydrogens is 381 g/mol. The van der Waals surface area contributed by atoms with Crippen molar-refractivity contribution in [2.45, 2.75) is 75.8 Å². The molecule has 5 atom stereocenters. The van der Waals surface area contributed by atoms with Crippen LogP contribution in [0.3, 0.4) is 0 Å². The van der Waals surface area contributed by atoms with Crippen LogP contribution in [0.4, 0.5) is 4.39 Å². The molecule has 0 heterocycles. The molecule has 0 unspecified atom stereocenters. The average molecular weight is 409 g/mol. The monoisotopic (exact) mass is 409 g/mol. The molecule has 6 aliphatic rings. The van der Waals surface area contributed by atoms with Gasteiger partial charge in [0, 0.05) is 18.8 Å². The highest BCUT2D eigenvalue weighted by atomic mass is 19.1. The zero-order chi connectivity index (χ0) is 20.8. The van der Waals surface area contributed by atoms with Gasteiger partial charge in [0.25, 0.3) is 0 Å². The van der Waals surface area contributed by atoms with Gasteiger partial charge in [-0.1, -0.05) is 0 Å². The predicted octanol–water partition coefficient (Wildman–Crippen LogP) is 2.17. The van der Waals surface area contributed by atoms with E-state index in [0.717, 1.165) is 19.3 Å². The van der Waals surface area contributed by atoms with Gasteiger partial charge in [0.1, 0.15) is 5.54 Å². The van der Waals surface area contributed by atoms with Crippen LogP contribution >= 0.6 is 0 Å². The number of ether oxygens (including phenoxy) is 2. The molecule has 0 aliphatic heterocycles. The number of carboxylic acids is 1. The van der Waals surface area contributed by atoms with Gasteiger partial charge in [0.05, 0.1) is 5.41 Å². The maximum absolute atomic E-state index is 14.6. The highest BCUT2D eigenvalue weighted by Crippen LogP contribution is 2.67. The van der Waals surface area contributed by atoms with Crippen LogP contribution in [-0.2, 0) is 23.9 Å². The van der Waals surface area contributed by atoms with E-state index in [1.165, 1.54) is 26.2 Å². The smallest absolute Gasteiger partial charge is 0.342 e. The molecule has 0 aromatic heterocycles. The lowest BCUT2D eigenvalue weighted by atomic mass is 9.49. The Kier molecular flexibility index (Phi) is 3.94. The van der Waals surface area contributed by atoms with E-state index in [-0.39, 0.29) is 18.8 Å². The summed E-state index contributed by atoms with van der Waals surface area (Å²) < 4.78 is 25.4. The molecule has 0 aromatic carbocycles. The van der Waals surface area contributed by atoms with Crippen molar-refractivity contribution in [2.75, 3.05) is 0 Å². The van der Waals surface area contributed by atoms with Crippen LogP contribution in [-0.4, -0.2) is 40.5 Å². The minimum atomic E-state index is -2.47. The lowest BCUT2D eigenvalue weighted by molar-refractivity contribution is -0.204. The van der Waals surface area contributed by atoms with Crippen LogP contribution in [0.25, 0.3) is 0 Å². The van der Waals surface area contributed by atoms with Crippen molar-refractivity contribution < 1.29 is 33.4 Å². The SMILES string of the molecule is C[C@@H](OC(=O)C12CC3CC(CC(C3)C1)C2)OC(=O)[C@]1(N)CC[C@@H]2[C@H]1[C@@]2(F)C(=O)O. The number of hydrogen-bond donors (Lipinski definition) is 2. The van der Waals surface area contributed by atoms with Crippen LogP contribution in [0.2, 0.25) is 0 Å². The summed E-state index contributed by atoms with van der Waals surface area (Å²) in [5.74, 6) is -2.90. The molecule has 6 rings (SSSR count). The fraction of sp³-hybridized carbons (Fsp3) is 0.857. The van der Waals surface area contributed by atoms with E-state index in [1.54, 1.807) is 0 Å². The second-order valence-electron chi connectivity index (χ2n) is 10.3. The Labute approximate surface area is 168 Å². The van der Waals surface area contributed by atoms with E-state index in [0.29, 0.717) is 17.8 Å². The van der Waals surface area contributed by atoms with Crippen LogP contribution in [0.5, 0.6) is 0 Å². The van der Waals surface area contributed by atoms with E-state index in [9.17, 15) is 18.8 Å². The van der Waals surface area contributed by atoms with Crippen LogP contribution in [0.15, 0.2) is 0 Å². The van der Waals surface area contributed by atoms with E-state index >= 15 is 0 Å². The highest BCUT2D eigenvalue weighted by Gasteiger charge is 2.82. The summed E-state index contributed by atoms with van der Waals surface area (Å²) in [4.78, 5) is 36.9. The number of alkyl halides is 1. The fourth-order valence-electron chi connectivity index (χ4n) is 7.53. The summed E-state index contributed by atoms with van der Waals surface area (Å²) in [5, 5.41) is 9.13. The summed E-state index contributed by atoms with van der Waals surface area (Å²) in [7, 11) is 0. The Bertz CT molecular complexity index is 750. The molecule has 3 N–H and O–H groups in total. The van der Waals surface area contributed by atoms with Gasteiger partial charge in [0.15, 0.2) is 0 Å². The zero-order valence-corrected chi connectivity index (χ0v) is 16.6. The first-order valence-corrected chi connectivity index (χ1v) is 10.7. The first-order valence-electron chi connectivity index (χ1n) is 10.7. The number of aliphatic carboxylic acids is 1. The summed E-state index contributed by atoms with van der Waals surface area (Å²) in [6.45, 7) is 1.46. The average Bonchev–Trinajstić information content (AvgIpc) is 3.07. The zero-order valence-electron chi connectivity index (χ0n) is 16.6. The van der Waals surface area contributed by atoms with Gasteiger partial charge in [-0.25, -0.2) is 14.0 Å². The Morgan fingerprint density at radius 2 is 1.55 bits per heavy atom. The molecule has 6 saturated carbocycles. The van der Waals surface area contributed by atoms with Crippen molar-refractivity contribution in [2.24, 2.45) is 40.7 Å². The van der Waals surface area contributed by atoms with Crippen molar-refractivity contribution in [1.82, 2.24) is 0 Å². The number of fused-ring (bicyclic) bond motifs is 1. The molecule has 160 valence electrons. The Morgan fingerprint density at radius 1 is 1.03 bits per heavy atom. The number of rotatable bonds is 5. The third-order valence-electron chi connectivity index (χ3n) is 8.43. The van der Waals surface area contributed by atoms with Gasteiger partial charge in [-0.3, -0.25) is 4.79 Å². The third kappa shape index (κ3) is 2.60. The van der Waals surface area contributed by atoms with Crippen LogP contribution in [0, 0.1) is 35.0 Å². The molecule has 6 fully saturated rings. The predicted molar refractivity (Wildman–Crippen MR) is 96.9 cm³/mol. The van der Waals surface area contributed by atoms with Crippen molar-refractivity contribution in [3.05, 3.63) is 0 Å². The second-order valence-corrected chi connectivity index (χ2v) is 10.3. The van der Waals surface area contributed by atoms with E-state index in [4.69, 9.17) is 20.3 Å². The summed E-state index contributed by atoms with van der Waals surface area (Å²) in [6.07, 6.45) is 5.36. The van der Waals surface area contributed by atoms with Crippen molar-refractivity contribution in [3.63, 3.8) is 0 Å². The largest absolute Gasteiger partial charge is 0.479 e. The van der Waals surface area contributed by atoms with Gasteiger partial charge in [-0.2, -0.15) is 0 Å². The first-order chi connectivity index (χ1) is 13.6. The molecule has 6 aliphatic carbocycles. The molecule has 4 bridgehead atoms. The normalized spacial score (nSPS) is 50.0. The van der Waals surface area contributed by atoms with Gasteiger partial charge in [0.2, 0.25) is 12.0 Å². The van der Waals surface area contributed by atoms with Gasteiger partial charge < -0.3 is 20.3 Å². The van der Waals surface area contributed by atoms with Gasteiger partial charge in [-0.05, 0) is 69.1 Å². The quantitative estimate of drug-likeness (QED) is 0.528. The number of carbonyl (C=O) groups excluding carboxylic acids is 2. The number of hydrogen-bond acceptors (Lipinski definition) is 6. The highest BCUT2D eigenvalue weighted by molar-refractivity contribution is 5.90. The summed E-state index contributed by atoms with van der Waals surface area (Å²) in [5.41, 5.74) is 1.48. The molecular formula is C21H28FNO6. The van der Waals surface area contributed by atoms with Crippen molar-refractivity contribution in [3.8, 4) is 0 Å². The molecule has 7 nitrogen and oxygen atoms in total. The summed E-state index contributed by atoms with van der Waals surface area (Å²) in [6, 6.07) is 0. The van der Waals surface area contributed by atoms with Crippen molar-refractivity contribution in [1.29, 1.82) is 0 Å². The first kappa shape index (κ1) is 19.3. The third-order valence-corrected chi connectivity index (χ3v) is 8.43. The standard InChI is InChI=1S/C21H28FNO6/c1-10(28-17(26)19-7-11-4-12(8-19)6-13(5-11)9-19)29-18(27)20(23)3-2-14-15(20)21(14,22)16(24)25/h10-15H,2-9,23H2,1H3,(H,24,25)/t10-,11?,12?,13?,14+,15+,19?,20-,21+/m0/s1. The molecule has 29 heavy (non-hydrogen) atoms. The topological polar surface area (TPSA) is 116 Å². The minimum absolute atomic E-state index is 0.162. The van der Waals surface area contributed by atoms with Gasteiger partial charge >= 0.3 is 17.9 Å². The number of carbonyl (C=O) groups is 3. The Morgan fingerprint density at radius 3 is 2.03 bits per heavy atom. The lowest BCUT2D eigenvalue weighted by Gasteiger charge is -2.55. The Balaban J connectivity index is 1.22. The molecule has 0 spiro atoms. The molecule has 0 aromatic rings. The van der Waals surface area contributed by atoms with E-state index < -0.39 is 46.7 Å². The molecule has 0 saturated heterocycles. The van der Waals surface area contributed by atoms with E-state index in [2.05, 4.69) is 0 Å². The number of carboxylic acid groups (broad SMARTS) is 1. The molecule has 0 radical (unpaired) electrons. The fourth-order valence-corrected chi connectivity index (χ4v) is 7.53. The maximum atomic E-state index is 14.6. The number of nitrogens with two attached hydrogens (primary N) is 1. The number of halogens is 1. The summed E-state index contributed by atoms with van der Waals surface area (Å²) >= 11 is 0. The van der Waals surface area contributed by atoms with Crippen molar-refractivity contribution >= 4 is 17.9 Å². The van der Waals surface area contributed by atoms with Crippen LogP contribution < -0.4 is 5.73 Å². The molecule has 8 heteroatoms. The minimum Gasteiger partial charge on any atom is -0.479 e. The van der Waals surface area contributed by atoms with Crippen LogP contribution in [0.1, 0.15) is 58.3 Å². The van der Waals surface area contributed by atoms with Gasteiger partial charge in [-0.15, -0.1) is 0 Å². The maximum Gasteiger partial charge on any atom is 0.342 e. The number of esters is 2. The second kappa shape index (κ2) is 5.93. The Hall–Kier alpha value is -1.70. The lowest BCUT2D eigenvalue weighted by Crippen LogP contribution is -2.54. The van der Waals surface area contributed by atoms with E-state index in [1.807, 2.05) is 0 Å².